The molecule has 0 bridgehead atoms. The van der Waals surface area contributed by atoms with E-state index in [1.807, 2.05) is 0 Å². The maximum atomic E-state index is 6.13. The Kier molecular flexibility index (Phi) is 2.60. The largest absolute Gasteiger partial charge is 0.493 e. The molecule has 1 saturated carbocycles. The van der Waals surface area contributed by atoms with Crippen molar-refractivity contribution in [3.8, 4) is 5.75 Å². The number of aryl methyl sites for hydroxylation is 1. The van der Waals surface area contributed by atoms with Gasteiger partial charge < -0.3 is 10.5 Å². The fraction of sp³-hybridized carbons (Fsp3) is 0.571. The first-order chi connectivity index (χ1) is 7.83. The predicted octanol–water partition coefficient (Wildman–Crippen LogP) is 2.81. The molecule has 2 N–H and O–H groups in total. The molecule has 0 spiro atoms. The Morgan fingerprint density at radius 2 is 2.12 bits per heavy atom. The van der Waals surface area contributed by atoms with Crippen molar-refractivity contribution in [2.45, 2.75) is 38.1 Å². The first-order valence-electron chi connectivity index (χ1n) is 6.34. The van der Waals surface area contributed by atoms with Crippen LogP contribution < -0.4 is 10.5 Å². The maximum absolute atomic E-state index is 6.13. The number of nitrogens with two attached hydrogens (primary N) is 1. The quantitative estimate of drug-likeness (QED) is 0.845. The lowest BCUT2D eigenvalue weighted by atomic mass is 9.88. The van der Waals surface area contributed by atoms with Crippen LogP contribution in [0.1, 0.15) is 42.9 Å². The van der Waals surface area contributed by atoms with Gasteiger partial charge in [0.1, 0.15) is 5.75 Å². The van der Waals surface area contributed by atoms with Gasteiger partial charge in [-0.05, 0) is 61.3 Å². The van der Waals surface area contributed by atoms with Gasteiger partial charge in [0.05, 0.1) is 6.61 Å². The summed E-state index contributed by atoms with van der Waals surface area (Å²) >= 11 is 0. The summed E-state index contributed by atoms with van der Waals surface area (Å²) in [5.74, 6) is 1.81. The minimum atomic E-state index is 0.216. The highest BCUT2D eigenvalue weighted by atomic mass is 16.5. The SMILES string of the molecule is NC1CCCc2ccc(OCC3CC3)cc21. The van der Waals surface area contributed by atoms with Crippen molar-refractivity contribution in [1.29, 1.82) is 0 Å². The van der Waals surface area contributed by atoms with Gasteiger partial charge in [0.25, 0.3) is 0 Å². The van der Waals surface area contributed by atoms with E-state index in [1.165, 1.54) is 36.8 Å². The number of hydrogen-bond acceptors (Lipinski definition) is 2. The molecular weight excluding hydrogens is 198 g/mol. The number of ether oxygens (including phenoxy) is 1. The van der Waals surface area contributed by atoms with Crippen LogP contribution in [0.5, 0.6) is 5.75 Å². The zero-order valence-corrected chi connectivity index (χ0v) is 9.61. The molecule has 0 aliphatic heterocycles. The van der Waals surface area contributed by atoms with Gasteiger partial charge in [-0.1, -0.05) is 6.07 Å². The Labute approximate surface area is 96.8 Å². The summed E-state index contributed by atoms with van der Waals surface area (Å²) in [6, 6.07) is 6.66. The molecule has 0 heterocycles. The summed E-state index contributed by atoms with van der Waals surface area (Å²) in [6.07, 6.45) is 6.18. The fourth-order valence-electron chi connectivity index (χ4n) is 2.40. The third kappa shape index (κ3) is 2.07. The molecule has 0 radical (unpaired) electrons. The molecular formula is C14H19NO. The Morgan fingerprint density at radius 1 is 1.25 bits per heavy atom. The molecule has 1 aromatic carbocycles. The third-order valence-electron chi connectivity index (χ3n) is 3.66. The van der Waals surface area contributed by atoms with E-state index < -0.39 is 0 Å². The molecule has 0 saturated heterocycles. The van der Waals surface area contributed by atoms with Crippen molar-refractivity contribution < 1.29 is 4.74 Å². The summed E-state index contributed by atoms with van der Waals surface area (Å²) in [7, 11) is 0. The Hall–Kier alpha value is -1.02. The standard InChI is InChI=1S/C14H19NO/c15-14-3-1-2-11-6-7-12(8-13(11)14)16-9-10-4-5-10/h6-8,10,14H,1-5,9,15H2. The van der Waals surface area contributed by atoms with Gasteiger partial charge in [-0.25, -0.2) is 0 Å². The molecule has 16 heavy (non-hydrogen) atoms. The van der Waals surface area contributed by atoms with Gasteiger partial charge >= 0.3 is 0 Å². The van der Waals surface area contributed by atoms with Crippen LogP contribution in [0.2, 0.25) is 0 Å². The zero-order valence-electron chi connectivity index (χ0n) is 9.61. The van der Waals surface area contributed by atoms with Crippen LogP contribution in [0, 0.1) is 5.92 Å². The second kappa shape index (κ2) is 4.10. The van der Waals surface area contributed by atoms with Crippen molar-refractivity contribution in [3.05, 3.63) is 29.3 Å². The molecule has 2 aliphatic rings. The molecule has 1 fully saturated rings. The highest BCUT2D eigenvalue weighted by Gasteiger charge is 2.22. The highest BCUT2D eigenvalue weighted by Crippen LogP contribution is 2.33. The van der Waals surface area contributed by atoms with Gasteiger partial charge in [-0.2, -0.15) is 0 Å². The first-order valence-corrected chi connectivity index (χ1v) is 6.34. The van der Waals surface area contributed by atoms with E-state index in [0.29, 0.717) is 0 Å². The molecule has 1 unspecified atom stereocenters. The Bertz CT molecular complexity index is 384. The fourth-order valence-corrected chi connectivity index (χ4v) is 2.40. The number of rotatable bonds is 3. The van der Waals surface area contributed by atoms with Crippen molar-refractivity contribution >= 4 is 0 Å². The van der Waals surface area contributed by atoms with E-state index in [4.69, 9.17) is 10.5 Å². The molecule has 2 aliphatic carbocycles. The second-order valence-corrected chi connectivity index (χ2v) is 5.11. The minimum absolute atomic E-state index is 0.216. The van der Waals surface area contributed by atoms with Crippen molar-refractivity contribution in [2.75, 3.05) is 6.61 Å². The predicted molar refractivity (Wildman–Crippen MR) is 64.5 cm³/mol. The minimum Gasteiger partial charge on any atom is -0.493 e. The summed E-state index contributed by atoms with van der Waals surface area (Å²) in [4.78, 5) is 0. The van der Waals surface area contributed by atoms with E-state index in [-0.39, 0.29) is 6.04 Å². The summed E-state index contributed by atoms with van der Waals surface area (Å²) in [5, 5.41) is 0. The van der Waals surface area contributed by atoms with Crippen LogP contribution in [0.25, 0.3) is 0 Å². The van der Waals surface area contributed by atoms with Crippen LogP contribution in [-0.2, 0) is 6.42 Å². The normalized spacial score (nSPS) is 23.9. The van der Waals surface area contributed by atoms with Crippen LogP contribution >= 0.6 is 0 Å². The van der Waals surface area contributed by atoms with E-state index in [2.05, 4.69) is 18.2 Å². The lowest BCUT2D eigenvalue weighted by molar-refractivity contribution is 0.299. The average Bonchev–Trinajstić information content (AvgIpc) is 3.11. The summed E-state index contributed by atoms with van der Waals surface area (Å²) < 4.78 is 5.79. The lowest BCUT2D eigenvalue weighted by Gasteiger charge is -2.22. The summed E-state index contributed by atoms with van der Waals surface area (Å²) in [5.41, 5.74) is 8.85. The zero-order chi connectivity index (χ0) is 11.0. The van der Waals surface area contributed by atoms with E-state index >= 15 is 0 Å². The van der Waals surface area contributed by atoms with Crippen LogP contribution in [-0.4, -0.2) is 6.61 Å². The molecule has 3 rings (SSSR count). The smallest absolute Gasteiger partial charge is 0.119 e. The van der Waals surface area contributed by atoms with Crippen molar-refractivity contribution in [3.63, 3.8) is 0 Å². The lowest BCUT2D eigenvalue weighted by Crippen LogP contribution is -2.17. The molecule has 2 heteroatoms. The van der Waals surface area contributed by atoms with Crippen LogP contribution in [0.4, 0.5) is 0 Å². The van der Waals surface area contributed by atoms with Crippen molar-refractivity contribution in [2.24, 2.45) is 11.7 Å². The van der Waals surface area contributed by atoms with E-state index in [1.54, 1.807) is 0 Å². The number of benzene rings is 1. The second-order valence-electron chi connectivity index (χ2n) is 5.11. The summed E-state index contributed by atoms with van der Waals surface area (Å²) in [6.45, 7) is 0.883. The van der Waals surface area contributed by atoms with Crippen molar-refractivity contribution in [1.82, 2.24) is 0 Å². The number of fused-ring (bicyclic) bond motifs is 1. The molecule has 1 atom stereocenters. The molecule has 0 aromatic heterocycles. The third-order valence-corrected chi connectivity index (χ3v) is 3.66. The molecule has 2 nitrogen and oxygen atoms in total. The highest BCUT2D eigenvalue weighted by molar-refractivity contribution is 5.39. The average molecular weight is 217 g/mol. The number of hydrogen-bond donors (Lipinski definition) is 1. The maximum Gasteiger partial charge on any atom is 0.119 e. The molecule has 1 aromatic rings. The Morgan fingerprint density at radius 3 is 2.94 bits per heavy atom. The van der Waals surface area contributed by atoms with Gasteiger partial charge in [-0.15, -0.1) is 0 Å². The van der Waals surface area contributed by atoms with Gasteiger partial charge in [-0.3, -0.25) is 0 Å². The van der Waals surface area contributed by atoms with Gasteiger partial charge in [0.2, 0.25) is 0 Å². The van der Waals surface area contributed by atoms with Crippen LogP contribution in [0.3, 0.4) is 0 Å². The van der Waals surface area contributed by atoms with Gasteiger partial charge in [0, 0.05) is 6.04 Å². The molecule has 86 valence electrons. The Balaban J connectivity index is 1.76. The molecule has 0 amide bonds. The van der Waals surface area contributed by atoms with E-state index in [0.717, 1.165) is 24.7 Å². The van der Waals surface area contributed by atoms with Gasteiger partial charge in [0.15, 0.2) is 0 Å². The topological polar surface area (TPSA) is 35.2 Å². The van der Waals surface area contributed by atoms with E-state index in [9.17, 15) is 0 Å². The van der Waals surface area contributed by atoms with Crippen LogP contribution in [0.15, 0.2) is 18.2 Å². The first kappa shape index (κ1) is 10.2. The monoisotopic (exact) mass is 217 g/mol.